The van der Waals surface area contributed by atoms with Gasteiger partial charge in [-0.25, -0.2) is 4.98 Å². The van der Waals surface area contributed by atoms with E-state index in [9.17, 15) is 4.79 Å². The maximum atomic E-state index is 12.2. The lowest BCUT2D eigenvalue weighted by molar-refractivity contribution is -0.113. The van der Waals surface area contributed by atoms with Gasteiger partial charge in [0.2, 0.25) is 11.1 Å². The largest absolute Gasteiger partial charge is 0.325 e. The van der Waals surface area contributed by atoms with Gasteiger partial charge in [-0.1, -0.05) is 39.3 Å². The average Bonchev–Trinajstić information content (AvgIpc) is 3.10. The van der Waals surface area contributed by atoms with Crippen molar-refractivity contribution in [1.29, 1.82) is 0 Å². The molecule has 3 aromatic rings. The lowest BCUT2D eigenvalue weighted by atomic mass is 10.1. The predicted octanol–water partition coefficient (Wildman–Crippen LogP) is 5.24. The molecule has 1 aromatic heterocycles. The van der Waals surface area contributed by atoms with Crippen molar-refractivity contribution in [3.63, 3.8) is 0 Å². The molecule has 1 amide bonds. The fraction of sp³-hybridized carbons (Fsp3) is 0.167. The van der Waals surface area contributed by atoms with E-state index in [0.717, 1.165) is 26.9 Å². The van der Waals surface area contributed by atoms with Crippen LogP contribution in [0.15, 0.2) is 46.0 Å². The number of hydrogen-bond donors (Lipinski definition) is 2. The number of nitrogens with zero attached hydrogens (tertiary/aromatic N) is 2. The highest BCUT2D eigenvalue weighted by Gasteiger charge is 2.11. The summed E-state index contributed by atoms with van der Waals surface area (Å²) < 4.78 is 1.03. The molecule has 0 spiro atoms. The normalized spacial score (nSPS) is 10.8. The van der Waals surface area contributed by atoms with Gasteiger partial charge in [0.25, 0.3) is 0 Å². The SMILES string of the molecule is Cc1c(Br)ccc(NC(=O)CSc2n[nH]c(-c3ccc(Cl)cc3)n2)c1C. The Morgan fingerprint density at radius 1 is 1.19 bits per heavy atom. The summed E-state index contributed by atoms with van der Waals surface area (Å²) in [6.07, 6.45) is 0. The summed E-state index contributed by atoms with van der Waals surface area (Å²) in [5.74, 6) is 0.772. The smallest absolute Gasteiger partial charge is 0.234 e. The van der Waals surface area contributed by atoms with Gasteiger partial charge in [-0.05, 0) is 61.4 Å². The Balaban J connectivity index is 1.60. The molecule has 1 heterocycles. The molecule has 0 saturated carbocycles. The maximum absolute atomic E-state index is 12.2. The Bertz CT molecular complexity index is 943. The lowest BCUT2D eigenvalue weighted by Crippen LogP contribution is -2.15. The first kappa shape index (κ1) is 18.9. The van der Waals surface area contributed by atoms with E-state index in [4.69, 9.17) is 11.6 Å². The molecule has 0 unspecified atom stereocenters. The fourth-order valence-electron chi connectivity index (χ4n) is 2.29. The number of nitrogens with one attached hydrogen (secondary N) is 2. The number of aromatic nitrogens is 3. The monoisotopic (exact) mass is 450 g/mol. The third-order valence-electron chi connectivity index (χ3n) is 3.91. The number of halogens is 2. The van der Waals surface area contributed by atoms with Crippen LogP contribution in [-0.2, 0) is 4.79 Å². The van der Waals surface area contributed by atoms with Crippen LogP contribution in [0.5, 0.6) is 0 Å². The summed E-state index contributed by atoms with van der Waals surface area (Å²) in [7, 11) is 0. The zero-order valence-electron chi connectivity index (χ0n) is 14.1. The van der Waals surface area contributed by atoms with Crippen molar-refractivity contribution >= 4 is 50.9 Å². The van der Waals surface area contributed by atoms with Crippen molar-refractivity contribution in [1.82, 2.24) is 15.2 Å². The van der Waals surface area contributed by atoms with E-state index in [0.29, 0.717) is 16.0 Å². The predicted molar refractivity (Wildman–Crippen MR) is 110 cm³/mol. The van der Waals surface area contributed by atoms with E-state index < -0.39 is 0 Å². The second-order valence-corrected chi connectivity index (χ2v) is 7.89. The first-order valence-corrected chi connectivity index (χ1v) is 9.96. The number of carbonyl (C=O) groups is 1. The molecule has 0 aliphatic carbocycles. The number of benzene rings is 2. The molecule has 0 atom stereocenters. The summed E-state index contributed by atoms with van der Waals surface area (Å²) in [6, 6.07) is 11.1. The first-order chi connectivity index (χ1) is 12.4. The number of H-pyrrole nitrogens is 1. The second kappa shape index (κ2) is 8.24. The van der Waals surface area contributed by atoms with Gasteiger partial charge < -0.3 is 5.32 Å². The number of rotatable bonds is 5. The standard InChI is InChI=1S/C18H16BrClN4OS/c1-10-11(2)15(8-7-14(10)19)21-16(25)9-26-18-22-17(23-24-18)12-3-5-13(20)6-4-12/h3-8H,9H2,1-2H3,(H,21,25)(H,22,23,24). The summed E-state index contributed by atoms with van der Waals surface area (Å²) in [5.41, 5.74) is 3.85. The molecule has 3 rings (SSSR count). The van der Waals surface area contributed by atoms with Gasteiger partial charge in [0.05, 0.1) is 5.75 Å². The van der Waals surface area contributed by atoms with Crippen molar-refractivity contribution in [3.05, 3.63) is 57.0 Å². The van der Waals surface area contributed by atoms with E-state index in [-0.39, 0.29) is 11.7 Å². The van der Waals surface area contributed by atoms with Gasteiger partial charge in [0, 0.05) is 20.7 Å². The molecule has 5 nitrogen and oxygen atoms in total. The number of amides is 1. The van der Waals surface area contributed by atoms with Gasteiger partial charge in [0.15, 0.2) is 5.82 Å². The summed E-state index contributed by atoms with van der Waals surface area (Å²) in [6.45, 7) is 3.99. The van der Waals surface area contributed by atoms with E-state index in [1.54, 1.807) is 12.1 Å². The van der Waals surface area contributed by atoms with Crippen LogP contribution in [0.25, 0.3) is 11.4 Å². The number of anilines is 1. The van der Waals surface area contributed by atoms with Crippen LogP contribution in [0.4, 0.5) is 5.69 Å². The molecule has 0 aliphatic heterocycles. The number of aromatic amines is 1. The molecule has 2 aromatic carbocycles. The van der Waals surface area contributed by atoms with Gasteiger partial charge in [-0.3, -0.25) is 9.89 Å². The summed E-state index contributed by atoms with van der Waals surface area (Å²) >= 11 is 10.7. The molecule has 0 radical (unpaired) electrons. The minimum absolute atomic E-state index is 0.0994. The Kier molecular flexibility index (Phi) is 6.01. The topological polar surface area (TPSA) is 70.7 Å². The van der Waals surface area contributed by atoms with Gasteiger partial charge in [0.1, 0.15) is 0 Å². The lowest BCUT2D eigenvalue weighted by Gasteiger charge is -2.11. The molecule has 0 bridgehead atoms. The highest BCUT2D eigenvalue weighted by atomic mass is 79.9. The fourth-order valence-corrected chi connectivity index (χ4v) is 3.44. The van der Waals surface area contributed by atoms with Crippen LogP contribution in [0, 0.1) is 13.8 Å². The van der Waals surface area contributed by atoms with Crippen molar-refractivity contribution in [2.45, 2.75) is 19.0 Å². The molecule has 0 saturated heterocycles. The summed E-state index contributed by atoms with van der Waals surface area (Å²) in [4.78, 5) is 16.6. The van der Waals surface area contributed by atoms with E-state index in [2.05, 4.69) is 36.4 Å². The van der Waals surface area contributed by atoms with E-state index in [1.165, 1.54) is 11.8 Å². The molecule has 0 aliphatic rings. The minimum atomic E-state index is -0.0994. The Morgan fingerprint density at radius 2 is 1.92 bits per heavy atom. The van der Waals surface area contributed by atoms with Crippen LogP contribution in [0.2, 0.25) is 5.02 Å². The maximum Gasteiger partial charge on any atom is 0.234 e. The molecule has 26 heavy (non-hydrogen) atoms. The molecule has 8 heteroatoms. The average molecular weight is 452 g/mol. The zero-order chi connectivity index (χ0) is 18.7. The van der Waals surface area contributed by atoms with Gasteiger partial charge >= 0.3 is 0 Å². The molecular weight excluding hydrogens is 436 g/mol. The van der Waals surface area contributed by atoms with Gasteiger partial charge in [-0.15, -0.1) is 5.10 Å². The number of carbonyl (C=O) groups excluding carboxylic acids is 1. The van der Waals surface area contributed by atoms with Crippen LogP contribution in [0.1, 0.15) is 11.1 Å². The quantitative estimate of drug-likeness (QED) is 0.521. The van der Waals surface area contributed by atoms with Crippen LogP contribution in [-0.4, -0.2) is 26.8 Å². The molecule has 0 fully saturated rings. The summed E-state index contributed by atoms with van der Waals surface area (Å²) in [5, 5.41) is 11.1. The van der Waals surface area contributed by atoms with Crippen LogP contribution >= 0.6 is 39.3 Å². The Morgan fingerprint density at radius 3 is 2.65 bits per heavy atom. The number of thioether (sulfide) groups is 1. The van der Waals surface area contributed by atoms with Crippen LogP contribution < -0.4 is 5.32 Å². The number of hydrogen-bond acceptors (Lipinski definition) is 4. The van der Waals surface area contributed by atoms with Crippen molar-refractivity contribution < 1.29 is 4.79 Å². The van der Waals surface area contributed by atoms with Crippen LogP contribution in [0.3, 0.4) is 0 Å². The zero-order valence-corrected chi connectivity index (χ0v) is 17.3. The molecular formula is C18H16BrClN4OS. The third-order valence-corrected chi connectivity index (χ3v) is 5.87. The highest BCUT2D eigenvalue weighted by molar-refractivity contribution is 9.10. The van der Waals surface area contributed by atoms with E-state index in [1.807, 2.05) is 38.1 Å². The first-order valence-electron chi connectivity index (χ1n) is 7.80. The third kappa shape index (κ3) is 4.47. The Labute approximate surface area is 169 Å². The minimum Gasteiger partial charge on any atom is -0.325 e. The van der Waals surface area contributed by atoms with E-state index >= 15 is 0 Å². The van der Waals surface area contributed by atoms with Crippen molar-refractivity contribution in [3.8, 4) is 11.4 Å². The molecule has 134 valence electrons. The van der Waals surface area contributed by atoms with Gasteiger partial charge in [-0.2, -0.15) is 0 Å². The second-order valence-electron chi connectivity index (χ2n) is 5.66. The highest BCUT2D eigenvalue weighted by Crippen LogP contribution is 2.26. The van der Waals surface area contributed by atoms with Crippen molar-refractivity contribution in [2.75, 3.05) is 11.1 Å². The van der Waals surface area contributed by atoms with Crippen molar-refractivity contribution in [2.24, 2.45) is 0 Å². The molecule has 2 N–H and O–H groups in total. The Hall–Kier alpha value is -1.83.